The van der Waals surface area contributed by atoms with E-state index in [1.165, 1.54) is 17.9 Å². The Labute approximate surface area is 85.1 Å². The van der Waals surface area contributed by atoms with Gasteiger partial charge >= 0.3 is 5.97 Å². The third kappa shape index (κ3) is 1.98. The second-order valence-electron chi connectivity index (χ2n) is 2.83. The normalized spacial score (nSPS) is 11.0. The molecular weight excluding hydrogens is 196 g/mol. The molecule has 0 aliphatic heterocycles. The topological polar surface area (TPSA) is 69.4 Å². The molecule has 6 nitrogen and oxygen atoms in total. The van der Waals surface area contributed by atoms with Crippen LogP contribution in [0.4, 0.5) is 0 Å². The molecule has 0 radical (unpaired) electrons. The SMILES string of the molecule is CC(=O)O/N=C\n1nnc2ccccc21. The fraction of sp³-hybridized carbons (Fsp3) is 0.111. The highest BCUT2D eigenvalue weighted by molar-refractivity contribution is 5.80. The fourth-order valence-corrected chi connectivity index (χ4v) is 1.11. The maximum absolute atomic E-state index is 10.5. The smallest absolute Gasteiger partial charge is 0.317 e. The van der Waals surface area contributed by atoms with Gasteiger partial charge < -0.3 is 4.84 Å². The molecule has 1 heterocycles. The van der Waals surface area contributed by atoms with Crippen LogP contribution in [0.15, 0.2) is 29.4 Å². The summed E-state index contributed by atoms with van der Waals surface area (Å²) in [6.07, 6.45) is 1.29. The molecule has 2 rings (SSSR count). The van der Waals surface area contributed by atoms with Gasteiger partial charge in [0, 0.05) is 6.92 Å². The molecule has 0 unspecified atom stereocenters. The van der Waals surface area contributed by atoms with E-state index in [0.717, 1.165) is 11.0 Å². The van der Waals surface area contributed by atoms with Gasteiger partial charge in [-0.1, -0.05) is 22.5 Å². The van der Waals surface area contributed by atoms with Crippen molar-refractivity contribution >= 4 is 23.3 Å². The number of nitrogens with zero attached hydrogens (tertiary/aromatic N) is 4. The van der Waals surface area contributed by atoms with Crippen LogP contribution in [-0.4, -0.2) is 27.3 Å². The van der Waals surface area contributed by atoms with Crippen LogP contribution in [0.5, 0.6) is 0 Å². The molecule has 0 amide bonds. The molecule has 76 valence electrons. The van der Waals surface area contributed by atoms with Gasteiger partial charge in [-0.05, 0) is 12.1 Å². The Morgan fingerprint density at radius 2 is 2.33 bits per heavy atom. The molecule has 1 aromatic heterocycles. The number of carbonyl (C=O) groups is 1. The van der Waals surface area contributed by atoms with Gasteiger partial charge in [0.05, 0.1) is 5.52 Å². The molecule has 0 fully saturated rings. The van der Waals surface area contributed by atoms with E-state index >= 15 is 0 Å². The lowest BCUT2D eigenvalue weighted by atomic mass is 10.3. The molecule has 0 bridgehead atoms. The highest BCUT2D eigenvalue weighted by atomic mass is 16.7. The molecule has 15 heavy (non-hydrogen) atoms. The van der Waals surface area contributed by atoms with E-state index in [4.69, 9.17) is 0 Å². The number of aromatic nitrogens is 3. The molecule has 0 N–H and O–H groups in total. The summed E-state index contributed by atoms with van der Waals surface area (Å²) in [5, 5.41) is 11.2. The van der Waals surface area contributed by atoms with Gasteiger partial charge in [-0.2, -0.15) is 4.68 Å². The quantitative estimate of drug-likeness (QED) is 0.314. The molecule has 0 atom stereocenters. The van der Waals surface area contributed by atoms with Gasteiger partial charge in [-0.3, -0.25) is 0 Å². The molecule has 1 aromatic carbocycles. The first-order valence-corrected chi connectivity index (χ1v) is 4.28. The van der Waals surface area contributed by atoms with Gasteiger partial charge in [-0.25, -0.2) is 4.79 Å². The summed E-state index contributed by atoms with van der Waals surface area (Å²) in [7, 11) is 0. The van der Waals surface area contributed by atoms with Crippen LogP contribution >= 0.6 is 0 Å². The highest BCUT2D eigenvalue weighted by Crippen LogP contribution is 2.07. The summed E-state index contributed by atoms with van der Waals surface area (Å²) < 4.78 is 1.43. The van der Waals surface area contributed by atoms with Crippen molar-refractivity contribution in [2.75, 3.05) is 0 Å². The predicted octanol–water partition coefficient (Wildman–Crippen LogP) is 0.786. The van der Waals surface area contributed by atoms with Crippen LogP contribution < -0.4 is 0 Å². The number of para-hydroxylation sites is 1. The van der Waals surface area contributed by atoms with E-state index in [1.54, 1.807) is 0 Å². The number of benzene rings is 1. The second kappa shape index (κ2) is 3.87. The monoisotopic (exact) mass is 204 g/mol. The highest BCUT2D eigenvalue weighted by Gasteiger charge is 2.00. The van der Waals surface area contributed by atoms with Crippen molar-refractivity contribution in [2.45, 2.75) is 6.92 Å². The summed E-state index contributed by atoms with van der Waals surface area (Å²) in [6.45, 7) is 1.27. The fourth-order valence-electron chi connectivity index (χ4n) is 1.11. The molecule has 0 aliphatic rings. The largest absolute Gasteiger partial charge is 0.332 e. The lowest BCUT2D eigenvalue weighted by Crippen LogP contribution is -2.00. The first-order chi connectivity index (χ1) is 7.27. The minimum atomic E-state index is -0.476. The molecule has 0 saturated heterocycles. The van der Waals surface area contributed by atoms with Gasteiger partial charge in [-0.15, -0.1) is 5.10 Å². The molecule has 0 aliphatic carbocycles. The van der Waals surface area contributed by atoms with Gasteiger partial charge in [0.15, 0.2) is 6.34 Å². The van der Waals surface area contributed by atoms with Crippen LogP contribution in [0, 0.1) is 0 Å². The van der Waals surface area contributed by atoms with Crippen molar-refractivity contribution in [1.82, 2.24) is 15.0 Å². The average Bonchev–Trinajstić information content (AvgIpc) is 2.62. The van der Waals surface area contributed by atoms with E-state index in [2.05, 4.69) is 20.3 Å². The van der Waals surface area contributed by atoms with Crippen molar-refractivity contribution in [3.63, 3.8) is 0 Å². The number of hydrogen-bond acceptors (Lipinski definition) is 5. The molecule has 0 saturated carbocycles. The zero-order chi connectivity index (χ0) is 10.7. The molecule has 0 spiro atoms. The van der Waals surface area contributed by atoms with Gasteiger partial charge in [0.1, 0.15) is 5.52 Å². The summed E-state index contributed by atoms with van der Waals surface area (Å²) in [5.74, 6) is -0.476. The van der Waals surface area contributed by atoms with Crippen LogP contribution in [-0.2, 0) is 9.63 Å². The van der Waals surface area contributed by atoms with E-state index in [-0.39, 0.29) is 0 Å². The van der Waals surface area contributed by atoms with E-state index < -0.39 is 5.97 Å². The number of carbonyl (C=O) groups excluding carboxylic acids is 1. The number of rotatable bonds is 2. The molecule has 6 heteroatoms. The van der Waals surface area contributed by atoms with Crippen molar-refractivity contribution in [1.29, 1.82) is 0 Å². The first kappa shape index (κ1) is 9.32. The molecule has 2 aromatic rings. The average molecular weight is 204 g/mol. The number of hydrogen-bond donors (Lipinski definition) is 0. The van der Waals surface area contributed by atoms with E-state index in [1.807, 2.05) is 24.3 Å². The van der Waals surface area contributed by atoms with E-state index in [9.17, 15) is 4.79 Å². The standard InChI is InChI=1S/C9H8N4O2/c1-7(14)15-10-6-13-9-5-3-2-4-8(9)11-12-13/h2-6H,1H3/b10-6-. The Morgan fingerprint density at radius 3 is 3.13 bits per heavy atom. The maximum atomic E-state index is 10.5. The summed E-state index contributed by atoms with van der Waals surface area (Å²) in [5.41, 5.74) is 1.56. The number of fused-ring (bicyclic) bond motifs is 1. The zero-order valence-electron chi connectivity index (χ0n) is 7.99. The minimum Gasteiger partial charge on any atom is -0.317 e. The Bertz CT molecular complexity index is 518. The summed E-state index contributed by atoms with van der Waals surface area (Å²) in [4.78, 5) is 14.9. The minimum absolute atomic E-state index is 0.476. The van der Waals surface area contributed by atoms with Crippen LogP contribution in [0.25, 0.3) is 11.0 Å². The maximum Gasteiger partial charge on any atom is 0.332 e. The number of oxime groups is 1. The van der Waals surface area contributed by atoms with Gasteiger partial charge in [0.25, 0.3) is 0 Å². The summed E-state index contributed by atoms with van der Waals surface area (Å²) in [6, 6.07) is 7.40. The first-order valence-electron chi connectivity index (χ1n) is 4.28. The van der Waals surface area contributed by atoms with Crippen molar-refractivity contribution in [3.8, 4) is 0 Å². The lowest BCUT2D eigenvalue weighted by molar-refractivity contribution is -0.140. The Kier molecular flexibility index (Phi) is 2.40. The summed E-state index contributed by atoms with van der Waals surface area (Å²) >= 11 is 0. The molecular formula is C9H8N4O2. The lowest BCUT2D eigenvalue weighted by Gasteiger charge is -1.91. The Balaban J connectivity index is 2.28. The van der Waals surface area contributed by atoms with E-state index in [0.29, 0.717) is 0 Å². The van der Waals surface area contributed by atoms with Crippen molar-refractivity contribution in [3.05, 3.63) is 24.3 Å². The van der Waals surface area contributed by atoms with Crippen LogP contribution in [0.1, 0.15) is 6.92 Å². The van der Waals surface area contributed by atoms with Crippen LogP contribution in [0.2, 0.25) is 0 Å². The zero-order valence-corrected chi connectivity index (χ0v) is 7.99. The van der Waals surface area contributed by atoms with Crippen molar-refractivity contribution in [2.24, 2.45) is 5.16 Å². The van der Waals surface area contributed by atoms with Gasteiger partial charge in [0.2, 0.25) is 0 Å². The Hall–Kier alpha value is -2.24. The Morgan fingerprint density at radius 1 is 1.53 bits per heavy atom. The van der Waals surface area contributed by atoms with Crippen LogP contribution in [0.3, 0.4) is 0 Å². The van der Waals surface area contributed by atoms with Crippen molar-refractivity contribution < 1.29 is 9.63 Å². The third-order valence-corrected chi connectivity index (χ3v) is 1.72. The second-order valence-corrected chi connectivity index (χ2v) is 2.83. The third-order valence-electron chi connectivity index (χ3n) is 1.72. The predicted molar refractivity (Wildman–Crippen MR) is 53.2 cm³/mol.